The smallest absolute Gasteiger partial charge is 0.269 e. The summed E-state index contributed by atoms with van der Waals surface area (Å²) in [5, 5.41) is 21.9. The van der Waals surface area contributed by atoms with Crippen molar-refractivity contribution in [1.82, 2.24) is 0 Å². The third kappa shape index (κ3) is 4.24. The minimum Gasteiger partial charge on any atom is -0.394 e. The normalized spacial score (nSPS) is 10.1. The molecule has 0 spiro atoms. The molecule has 0 saturated heterocycles. The topological polar surface area (TPSA) is 84.6 Å². The third-order valence-electron chi connectivity index (χ3n) is 1.89. The lowest BCUT2D eigenvalue weighted by Crippen LogP contribution is -2.11. The summed E-state index contributed by atoms with van der Waals surface area (Å²) in [6.45, 7) is 1.41. The van der Waals surface area contributed by atoms with Gasteiger partial charge in [0, 0.05) is 24.4 Å². The highest BCUT2D eigenvalue weighted by atomic mass is 16.6. The molecule has 6 nitrogen and oxygen atoms in total. The summed E-state index contributed by atoms with van der Waals surface area (Å²) in [7, 11) is 0. The number of anilines is 1. The molecule has 1 aromatic rings. The van der Waals surface area contributed by atoms with Crippen molar-refractivity contribution in [2.45, 2.75) is 0 Å². The molecule has 0 aliphatic carbocycles. The van der Waals surface area contributed by atoms with E-state index in [2.05, 4.69) is 5.32 Å². The van der Waals surface area contributed by atoms with Gasteiger partial charge >= 0.3 is 0 Å². The van der Waals surface area contributed by atoms with Crippen molar-refractivity contribution < 1.29 is 14.8 Å². The van der Waals surface area contributed by atoms with Crippen molar-refractivity contribution in [3.05, 3.63) is 34.4 Å². The summed E-state index contributed by atoms with van der Waals surface area (Å²) in [6.07, 6.45) is 0. The molecule has 1 aromatic carbocycles. The molecule has 0 fully saturated rings. The molecule has 16 heavy (non-hydrogen) atoms. The van der Waals surface area contributed by atoms with Crippen LogP contribution in [0.25, 0.3) is 0 Å². The second kappa shape index (κ2) is 6.76. The van der Waals surface area contributed by atoms with E-state index in [-0.39, 0.29) is 12.3 Å². The number of rotatable bonds is 7. The molecule has 0 bridgehead atoms. The van der Waals surface area contributed by atoms with Crippen LogP contribution in [0, 0.1) is 10.1 Å². The molecule has 88 valence electrons. The second-order valence-electron chi connectivity index (χ2n) is 3.07. The standard InChI is InChI=1S/C10H14N2O4/c13-6-8-16-7-5-11-9-1-3-10(4-2-9)12(14)15/h1-4,11,13H,5-8H2. The van der Waals surface area contributed by atoms with Crippen LogP contribution in [-0.4, -0.2) is 36.4 Å². The highest BCUT2D eigenvalue weighted by molar-refractivity contribution is 5.48. The minimum atomic E-state index is -0.436. The first kappa shape index (κ1) is 12.4. The molecular weight excluding hydrogens is 212 g/mol. The molecule has 0 atom stereocenters. The maximum atomic E-state index is 10.4. The van der Waals surface area contributed by atoms with Crippen LogP contribution in [0.5, 0.6) is 0 Å². The van der Waals surface area contributed by atoms with E-state index in [1.165, 1.54) is 12.1 Å². The largest absolute Gasteiger partial charge is 0.394 e. The van der Waals surface area contributed by atoms with Crippen LogP contribution in [-0.2, 0) is 4.74 Å². The molecule has 6 heteroatoms. The molecule has 1 rings (SSSR count). The van der Waals surface area contributed by atoms with Gasteiger partial charge in [0.2, 0.25) is 0 Å². The Morgan fingerprint density at radius 3 is 2.56 bits per heavy atom. The van der Waals surface area contributed by atoms with E-state index in [9.17, 15) is 10.1 Å². The molecule has 0 aromatic heterocycles. The van der Waals surface area contributed by atoms with Gasteiger partial charge in [0.1, 0.15) is 0 Å². The Morgan fingerprint density at radius 2 is 2.00 bits per heavy atom. The number of non-ortho nitro benzene ring substituents is 1. The van der Waals surface area contributed by atoms with Crippen LogP contribution in [0.3, 0.4) is 0 Å². The highest BCUT2D eigenvalue weighted by Crippen LogP contribution is 2.14. The molecule has 0 aliphatic heterocycles. The lowest BCUT2D eigenvalue weighted by Gasteiger charge is -2.06. The Labute approximate surface area is 93.0 Å². The van der Waals surface area contributed by atoms with E-state index >= 15 is 0 Å². The van der Waals surface area contributed by atoms with Crippen molar-refractivity contribution in [2.24, 2.45) is 0 Å². The van der Waals surface area contributed by atoms with Gasteiger partial charge in [-0.25, -0.2) is 0 Å². The number of benzene rings is 1. The van der Waals surface area contributed by atoms with Gasteiger partial charge in [-0.05, 0) is 12.1 Å². The second-order valence-corrected chi connectivity index (χ2v) is 3.07. The van der Waals surface area contributed by atoms with Crippen molar-refractivity contribution in [1.29, 1.82) is 0 Å². The number of hydrogen-bond acceptors (Lipinski definition) is 5. The average Bonchev–Trinajstić information content (AvgIpc) is 2.29. The van der Waals surface area contributed by atoms with Crippen molar-refractivity contribution in [3.63, 3.8) is 0 Å². The summed E-state index contributed by atoms with van der Waals surface area (Å²) in [5.74, 6) is 0. The molecule has 0 heterocycles. The number of nitro benzene ring substituents is 1. The predicted octanol–water partition coefficient (Wildman–Crippen LogP) is 1.02. The summed E-state index contributed by atoms with van der Waals surface area (Å²) >= 11 is 0. The number of hydrogen-bond donors (Lipinski definition) is 2. The Balaban J connectivity index is 2.29. The fourth-order valence-corrected chi connectivity index (χ4v) is 1.14. The zero-order valence-electron chi connectivity index (χ0n) is 8.76. The maximum absolute atomic E-state index is 10.4. The zero-order valence-corrected chi connectivity index (χ0v) is 8.76. The predicted molar refractivity (Wildman–Crippen MR) is 59.5 cm³/mol. The monoisotopic (exact) mass is 226 g/mol. The van der Waals surface area contributed by atoms with Crippen molar-refractivity contribution in [3.8, 4) is 0 Å². The lowest BCUT2D eigenvalue weighted by atomic mass is 10.3. The fourth-order valence-electron chi connectivity index (χ4n) is 1.14. The zero-order chi connectivity index (χ0) is 11.8. The molecule has 0 amide bonds. The van der Waals surface area contributed by atoms with Crippen LogP contribution < -0.4 is 5.32 Å². The number of aliphatic hydroxyl groups is 1. The van der Waals surface area contributed by atoms with E-state index in [0.29, 0.717) is 19.8 Å². The Kier molecular flexibility index (Phi) is 5.24. The van der Waals surface area contributed by atoms with Gasteiger partial charge in [-0.3, -0.25) is 10.1 Å². The average molecular weight is 226 g/mol. The summed E-state index contributed by atoms with van der Waals surface area (Å²) < 4.78 is 5.05. The first-order valence-corrected chi connectivity index (χ1v) is 4.91. The third-order valence-corrected chi connectivity index (χ3v) is 1.89. The van der Waals surface area contributed by atoms with Crippen LogP contribution in [0.2, 0.25) is 0 Å². The number of nitro groups is 1. The summed E-state index contributed by atoms with van der Waals surface area (Å²) in [6, 6.07) is 6.17. The maximum Gasteiger partial charge on any atom is 0.269 e. The van der Waals surface area contributed by atoms with Gasteiger partial charge in [-0.15, -0.1) is 0 Å². The van der Waals surface area contributed by atoms with E-state index in [1.54, 1.807) is 12.1 Å². The number of ether oxygens (including phenoxy) is 1. The summed E-state index contributed by atoms with van der Waals surface area (Å²) in [5.41, 5.74) is 0.875. The first-order valence-electron chi connectivity index (χ1n) is 4.91. The molecular formula is C10H14N2O4. The molecule has 2 N–H and O–H groups in total. The van der Waals surface area contributed by atoms with Crippen LogP contribution in [0.4, 0.5) is 11.4 Å². The van der Waals surface area contributed by atoms with E-state index in [0.717, 1.165) is 5.69 Å². The SMILES string of the molecule is O=[N+]([O-])c1ccc(NCCOCCO)cc1. The van der Waals surface area contributed by atoms with Crippen molar-refractivity contribution >= 4 is 11.4 Å². The number of nitrogens with one attached hydrogen (secondary N) is 1. The minimum absolute atomic E-state index is 0.0114. The Hall–Kier alpha value is -1.66. The molecule has 0 saturated carbocycles. The van der Waals surface area contributed by atoms with Crippen LogP contribution >= 0.6 is 0 Å². The quantitative estimate of drug-likeness (QED) is 0.412. The van der Waals surface area contributed by atoms with Crippen LogP contribution in [0.1, 0.15) is 0 Å². The Morgan fingerprint density at radius 1 is 1.31 bits per heavy atom. The van der Waals surface area contributed by atoms with Gasteiger partial charge in [0.15, 0.2) is 0 Å². The molecule has 0 radical (unpaired) electrons. The van der Waals surface area contributed by atoms with Gasteiger partial charge in [0.25, 0.3) is 5.69 Å². The first-order chi connectivity index (χ1) is 7.74. The van der Waals surface area contributed by atoms with Gasteiger partial charge in [0.05, 0.1) is 24.7 Å². The molecule has 0 aliphatic rings. The van der Waals surface area contributed by atoms with Gasteiger partial charge in [-0.2, -0.15) is 0 Å². The highest BCUT2D eigenvalue weighted by Gasteiger charge is 2.02. The lowest BCUT2D eigenvalue weighted by molar-refractivity contribution is -0.384. The van der Waals surface area contributed by atoms with Gasteiger partial charge < -0.3 is 15.2 Å². The van der Waals surface area contributed by atoms with Crippen LogP contribution in [0.15, 0.2) is 24.3 Å². The van der Waals surface area contributed by atoms with E-state index in [4.69, 9.17) is 9.84 Å². The number of aliphatic hydroxyl groups excluding tert-OH is 1. The summed E-state index contributed by atoms with van der Waals surface area (Å²) in [4.78, 5) is 9.95. The molecule has 0 unspecified atom stereocenters. The van der Waals surface area contributed by atoms with E-state index < -0.39 is 4.92 Å². The Bertz CT molecular complexity index is 326. The fraction of sp³-hybridized carbons (Fsp3) is 0.400. The number of nitrogens with zero attached hydrogens (tertiary/aromatic N) is 1. The van der Waals surface area contributed by atoms with Gasteiger partial charge in [-0.1, -0.05) is 0 Å². The van der Waals surface area contributed by atoms with Crippen molar-refractivity contribution in [2.75, 3.05) is 31.7 Å². The van der Waals surface area contributed by atoms with E-state index in [1.807, 2.05) is 0 Å².